The minimum Gasteiger partial charge on any atom is -0.507 e. The first-order valence-corrected chi connectivity index (χ1v) is 13.7. The summed E-state index contributed by atoms with van der Waals surface area (Å²) in [5.74, 6) is 1.30. The van der Waals surface area contributed by atoms with Crippen LogP contribution in [0.4, 0.5) is 0 Å². The number of phenols is 1. The molecule has 182 valence electrons. The molecule has 1 N–H and O–H groups in total. The predicted octanol–water partition coefficient (Wildman–Crippen LogP) is 8.62. The van der Waals surface area contributed by atoms with Crippen molar-refractivity contribution in [2.75, 3.05) is 0 Å². The molecule has 0 bridgehead atoms. The topological polar surface area (TPSA) is 55.8 Å². The molecule has 0 atom stereocenters. The quantitative estimate of drug-likeness (QED) is 0.295. The Morgan fingerprint density at radius 1 is 0.735 bits per heavy atom. The summed E-state index contributed by atoms with van der Waals surface area (Å²) in [5.41, 5.74) is 2.04. The van der Waals surface area contributed by atoms with Gasteiger partial charge in [-0.25, -0.2) is 4.57 Å². The zero-order valence-electron chi connectivity index (χ0n) is 21.2. The molecule has 0 amide bonds. The van der Waals surface area contributed by atoms with Gasteiger partial charge >= 0.3 is 7.60 Å². The van der Waals surface area contributed by atoms with Crippen molar-refractivity contribution in [1.82, 2.24) is 0 Å². The normalized spacial score (nSPS) is 12.4. The Hall–Kier alpha value is -2.71. The zero-order chi connectivity index (χ0) is 25.0. The molecular formula is C29H37O4P. The molecule has 3 aromatic rings. The highest BCUT2D eigenvalue weighted by Crippen LogP contribution is 2.53. The van der Waals surface area contributed by atoms with Crippen LogP contribution < -0.4 is 9.05 Å². The van der Waals surface area contributed by atoms with E-state index >= 15 is 0 Å². The number of rotatable bonds is 10. The molecule has 0 fully saturated rings. The van der Waals surface area contributed by atoms with Crippen LogP contribution in [0.1, 0.15) is 71.1 Å². The summed E-state index contributed by atoms with van der Waals surface area (Å²) in [6.45, 7) is 12.7. The summed E-state index contributed by atoms with van der Waals surface area (Å²) in [7, 11) is -3.64. The summed E-state index contributed by atoms with van der Waals surface area (Å²) in [5, 5.41) is 11.3. The van der Waals surface area contributed by atoms with Crippen LogP contribution in [0.2, 0.25) is 0 Å². The van der Waals surface area contributed by atoms with E-state index < -0.39 is 7.60 Å². The van der Waals surface area contributed by atoms with E-state index in [0.717, 1.165) is 29.5 Å². The lowest BCUT2D eigenvalue weighted by Gasteiger charge is -2.31. The largest absolute Gasteiger partial charge is 0.507 e. The standard InChI is InChI=1S/C29H37O4P/c1-7-28(3,4)25-19-22(20-26(27(25)30)29(5,6)8-2)21-34(31,32-23-15-11-9-12-16-23)33-24-17-13-10-14-18-24/h9-20,30H,7-8,21H2,1-6H3. The lowest BCUT2D eigenvalue weighted by molar-refractivity contribution is 0.383. The number of benzene rings is 3. The van der Waals surface area contributed by atoms with Crippen LogP contribution in [0.5, 0.6) is 17.2 Å². The van der Waals surface area contributed by atoms with Crippen molar-refractivity contribution in [3.63, 3.8) is 0 Å². The second-order valence-corrected chi connectivity index (χ2v) is 12.0. The maximum absolute atomic E-state index is 14.2. The van der Waals surface area contributed by atoms with Crippen molar-refractivity contribution in [3.8, 4) is 17.2 Å². The fourth-order valence-electron chi connectivity index (χ4n) is 3.79. The van der Waals surface area contributed by atoms with Crippen molar-refractivity contribution in [3.05, 3.63) is 89.5 Å². The van der Waals surface area contributed by atoms with Crippen LogP contribution in [0.15, 0.2) is 72.8 Å². The molecule has 0 spiro atoms. The van der Waals surface area contributed by atoms with Gasteiger partial charge in [-0.2, -0.15) is 0 Å². The number of hydrogen-bond donors (Lipinski definition) is 1. The third-order valence-corrected chi connectivity index (χ3v) is 8.48. The van der Waals surface area contributed by atoms with E-state index in [4.69, 9.17) is 9.05 Å². The molecule has 0 aliphatic rings. The van der Waals surface area contributed by atoms with Crippen LogP contribution in [0.25, 0.3) is 0 Å². The van der Waals surface area contributed by atoms with Gasteiger partial charge in [-0.15, -0.1) is 0 Å². The second kappa shape index (κ2) is 10.3. The van der Waals surface area contributed by atoms with Gasteiger partial charge in [-0.1, -0.05) is 90.1 Å². The molecule has 4 nitrogen and oxygen atoms in total. The zero-order valence-corrected chi connectivity index (χ0v) is 22.1. The highest BCUT2D eigenvalue weighted by Gasteiger charge is 2.34. The van der Waals surface area contributed by atoms with E-state index in [1.807, 2.05) is 48.5 Å². The molecule has 0 aliphatic carbocycles. The second-order valence-electron chi connectivity index (χ2n) is 10.1. The molecule has 5 heteroatoms. The van der Waals surface area contributed by atoms with Crippen molar-refractivity contribution >= 4 is 7.60 Å². The molecule has 0 saturated heterocycles. The van der Waals surface area contributed by atoms with Crippen LogP contribution in [-0.4, -0.2) is 5.11 Å². The van der Waals surface area contributed by atoms with Gasteiger partial charge in [-0.3, -0.25) is 0 Å². The lowest BCUT2D eigenvalue weighted by atomic mass is 9.75. The Bertz CT molecular complexity index is 1050. The Balaban J connectivity index is 2.11. The highest BCUT2D eigenvalue weighted by molar-refractivity contribution is 7.53. The molecule has 0 heterocycles. The predicted molar refractivity (Wildman–Crippen MR) is 140 cm³/mol. The van der Waals surface area contributed by atoms with E-state index in [1.165, 1.54) is 0 Å². The molecule has 3 aromatic carbocycles. The Labute approximate surface area is 204 Å². The average Bonchev–Trinajstić information content (AvgIpc) is 2.81. The van der Waals surface area contributed by atoms with Gasteiger partial charge in [0.05, 0.1) is 6.16 Å². The number of para-hydroxylation sites is 2. The summed E-state index contributed by atoms with van der Waals surface area (Å²) in [4.78, 5) is 0. The van der Waals surface area contributed by atoms with Crippen molar-refractivity contribution in [2.24, 2.45) is 0 Å². The van der Waals surface area contributed by atoms with Gasteiger partial charge in [0.25, 0.3) is 0 Å². The number of aromatic hydroxyl groups is 1. The van der Waals surface area contributed by atoms with Crippen molar-refractivity contribution < 1.29 is 18.7 Å². The number of hydrogen-bond acceptors (Lipinski definition) is 4. The van der Waals surface area contributed by atoms with Crippen LogP contribution in [0, 0.1) is 0 Å². The fraction of sp³-hybridized carbons (Fsp3) is 0.379. The molecule has 0 aromatic heterocycles. The van der Waals surface area contributed by atoms with E-state index in [0.29, 0.717) is 17.2 Å². The molecule has 0 saturated carbocycles. The molecular weight excluding hydrogens is 443 g/mol. The van der Waals surface area contributed by atoms with Gasteiger partial charge in [0.2, 0.25) is 0 Å². The minimum absolute atomic E-state index is 0.0800. The Morgan fingerprint density at radius 2 is 1.12 bits per heavy atom. The SMILES string of the molecule is CCC(C)(C)c1cc(CP(=O)(Oc2ccccc2)Oc2ccccc2)cc(C(C)(C)CC)c1O. The van der Waals surface area contributed by atoms with Crippen LogP contribution >= 0.6 is 7.60 Å². The van der Waals surface area contributed by atoms with Gasteiger partial charge in [0.1, 0.15) is 17.2 Å². The van der Waals surface area contributed by atoms with E-state index in [-0.39, 0.29) is 17.0 Å². The van der Waals surface area contributed by atoms with Gasteiger partial charge < -0.3 is 14.2 Å². The summed E-state index contributed by atoms with van der Waals surface area (Å²) in [6.07, 6.45) is 1.79. The Morgan fingerprint density at radius 3 is 1.47 bits per heavy atom. The first-order chi connectivity index (χ1) is 16.0. The lowest BCUT2D eigenvalue weighted by Crippen LogP contribution is -2.21. The highest BCUT2D eigenvalue weighted by atomic mass is 31.2. The van der Waals surface area contributed by atoms with Gasteiger partial charge in [0.15, 0.2) is 0 Å². The third kappa shape index (κ3) is 6.04. The van der Waals surface area contributed by atoms with Gasteiger partial charge in [-0.05, 0) is 53.5 Å². The summed E-state index contributed by atoms with van der Waals surface area (Å²) < 4.78 is 26.2. The van der Waals surface area contributed by atoms with Crippen LogP contribution in [-0.2, 0) is 21.6 Å². The van der Waals surface area contributed by atoms with Crippen LogP contribution in [0.3, 0.4) is 0 Å². The smallest absolute Gasteiger partial charge is 0.435 e. The first kappa shape index (κ1) is 25.9. The van der Waals surface area contributed by atoms with E-state index in [2.05, 4.69) is 41.5 Å². The number of phenolic OH excluding ortho intramolecular Hbond substituents is 1. The maximum atomic E-state index is 14.2. The average molecular weight is 481 g/mol. The maximum Gasteiger partial charge on any atom is 0.435 e. The molecule has 34 heavy (non-hydrogen) atoms. The molecule has 3 rings (SSSR count). The molecule has 0 aliphatic heterocycles. The molecule has 0 radical (unpaired) electrons. The molecule has 0 unspecified atom stereocenters. The Kier molecular flexibility index (Phi) is 7.83. The van der Waals surface area contributed by atoms with E-state index in [1.54, 1.807) is 24.3 Å². The summed E-state index contributed by atoms with van der Waals surface area (Å²) in [6, 6.07) is 22.1. The van der Waals surface area contributed by atoms with E-state index in [9.17, 15) is 9.67 Å². The minimum atomic E-state index is -3.64. The van der Waals surface area contributed by atoms with Crippen molar-refractivity contribution in [2.45, 2.75) is 71.4 Å². The first-order valence-electron chi connectivity index (χ1n) is 11.9. The monoisotopic (exact) mass is 480 g/mol. The van der Waals surface area contributed by atoms with Crippen molar-refractivity contribution in [1.29, 1.82) is 0 Å². The fourth-order valence-corrected chi connectivity index (χ4v) is 5.47. The van der Waals surface area contributed by atoms with Gasteiger partial charge in [0, 0.05) is 11.1 Å². The third-order valence-electron chi connectivity index (χ3n) is 6.75. The summed E-state index contributed by atoms with van der Waals surface area (Å²) >= 11 is 0.